The Morgan fingerprint density at radius 3 is 2.68 bits per heavy atom. The molecule has 4 aliphatic carbocycles. The smallest absolute Gasteiger partial charge is 0.227 e. The third-order valence-corrected chi connectivity index (χ3v) is 13.4. The first-order valence-electron chi connectivity index (χ1n) is 15.1. The van der Waals surface area contributed by atoms with Crippen molar-refractivity contribution in [3.05, 3.63) is 23.8 Å². The highest BCUT2D eigenvalue weighted by Crippen LogP contribution is 2.68. The average molecular weight is 542 g/mol. The number of benzene rings is 1. The van der Waals surface area contributed by atoms with Crippen LogP contribution in [0.25, 0.3) is 0 Å². The minimum Gasteiger partial charge on any atom is -0.393 e. The summed E-state index contributed by atoms with van der Waals surface area (Å²) in [4.78, 5) is 16.4. The molecular formula is C32H47NO4S. The molecule has 6 heteroatoms. The second-order valence-electron chi connectivity index (χ2n) is 14.1. The van der Waals surface area contributed by atoms with Crippen molar-refractivity contribution < 1.29 is 20.1 Å². The van der Waals surface area contributed by atoms with Crippen LogP contribution in [0.5, 0.6) is 0 Å². The maximum Gasteiger partial charge on any atom is 0.227 e. The molecule has 1 aliphatic heterocycles. The van der Waals surface area contributed by atoms with Crippen LogP contribution >= 0.6 is 11.8 Å². The lowest BCUT2D eigenvalue weighted by molar-refractivity contribution is -0.207. The zero-order valence-electron chi connectivity index (χ0n) is 23.6. The number of amides is 1. The van der Waals surface area contributed by atoms with E-state index in [0.717, 1.165) is 57.1 Å². The lowest BCUT2D eigenvalue weighted by Gasteiger charge is -2.63. The van der Waals surface area contributed by atoms with Crippen molar-refractivity contribution in [3.63, 3.8) is 0 Å². The van der Waals surface area contributed by atoms with Crippen LogP contribution < -0.4 is 4.90 Å². The molecule has 5 nitrogen and oxygen atoms in total. The molecule has 11 atom stereocenters. The summed E-state index contributed by atoms with van der Waals surface area (Å²) < 4.78 is 0. The Morgan fingerprint density at radius 2 is 1.89 bits per heavy atom. The molecule has 1 aromatic carbocycles. The third-order valence-electron chi connectivity index (χ3n) is 12.4. The normalized spacial score (nSPS) is 44.7. The Balaban J connectivity index is 1.16. The average Bonchev–Trinajstić information content (AvgIpc) is 3.45. The Kier molecular flexibility index (Phi) is 6.98. The van der Waals surface area contributed by atoms with Gasteiger partial charge in [0.05, 0.1) is 29.9 Å². The molecule has 0 saturated heterocycles. The van der Waals surface area contributed by atoms with Crippen molar-refractivity contribution in [2.75, 3.05) is 10.8 Å². The summed E-state index contributed by atoms with van der Waals surface area (Å²) in [6.45, 7) is 9.07. The Bertz CT molecular complexity index is 1080. The van der Waals surface area contributed by atoms with E-state index in [2.05, 4.69) is 45.9 Å². The maximum atomic E-state index is 13.3. The first kappa shape index (κ1) is 27.1. The van der Waals surface area contributed by atoms with Crippen molar-refractivity contribution in [1.29, 1.82) is 0 Å². The van der Waals surface area contributed by atoms with Gasteiger partial charge in [0.2, 0.25) is 5.91 Å². The van der Waals surface area contributed by atoms with Crippen LogP contribution in [0.2, 0.25) is 0 Å². The summed E-state index contributed by atoms with van der Waals surface area (Å²) in [5.74, 6) is 2.85. The SMILES string of the molecule is Cc1ccc2c(c1)SCN2C(=O)CC[C@@H](C)[C@H]1CC[C@H]2[C@@H]3[C@H](O)C[C@@H]4C[C@H](O)CC[C@]4(C)[C@H]3C[C@H](O)[C@]12C. The van der Waals surface area contributed by atoms with E-state index in [1.54, 1.807) is 11.8 Å². The molecular weight excluding hydrogens is 494 g/mol. The van der Waals surface area contributed by atoms with Gasteiger partial charge in [0.25, 0.3) is 0 Å². The van der Waals surface area contributed by atoms with Crippen LogP contribution in [0.15, 0.2) is 23.1 Å². The van der Waals surface area contributed by atoms with E-state index < -0.39 is 0 Å². The number of carbonyl (C=O) groups excluding carboxylic acids is 1. The fourth-order valence-electron chi connectivity index (χ4n) is 10.2. The number of anilines is 1. The van der Waals surface area contributed by atoms with Crippen molar-refractivity contribution in [2.24, 2.45) is 46.3 Å². The molecule has 3 N–H and O–H groups in total. The molecule has 210 valence electrons. The van der Waals surface area contributed by atoms with Crippen LogP contribution in [0, 0.1) is 53.3 Å². The standard InChI is InChI=1S/C32H47NO4S/c1-18-5-9-25-27(13-18)38-17-33(25)29(37)10-6-19(2)22-7-8-23-30-24(16-28(36)32(22,23)4)31(3)12-11-21(34)14-20(31)15-26(30)35/h5,9,13,19-24,26,28,30,34-36H,6-8,10-12,14-17H2,1-4H3/t19-,20+,21-,22-,23+,24+,26-,28+,30+,31+,32-/m1/s1. The van der Waals surface area contributed by atoms with Crippen molar-refractivity contribution in [2.45, 2.75) is 109 Å². The molecule has 5 aliphatic rings. The van der Waals surface area contributed by atoms with Crippen molar-refractivity contribution in [1.82, 2.24) is 0 Å². The molecule has 0 aromatic heterocycles. The zero-order chi connectivity index (χ0) is 27.0. The molecule has 1 heterocycles. The number of nitrogens with zero attached hydrogens (tertiary/aromatic N) is 1. The molecule has 0 radical (unpaired) electrons. The Morgan fingerprint density at radius 1 is 1.11 bits per heavy atom. The quantitative estimate of drug-likeness (QED) is 0.451. The molecule has 0 spiro atoms. The largest absolute Gasteiger partial charge is 0.393 e. The molecule has 4 saturated carbocycles. The predicted octanol–water partition coefficient (Wildman–Crippen LogP) is 5.77. The van der Waals surface area contributed by atoms with E-state index in [1.807, 2.05) is 4.90 Å². The summed E-state index contributed by atoms with van der Waals surface area (Å²) in [6, 6.07) is 6.34. The molecule has 38 heavy (non-hydrogen) atoms. The van der Waals surface area contributed by atoms with Gasteiger partial charge in [-0.25, -0.2) is 0 Å². The number of aliphatic hydroxyl groups is 3. The van der Waals surface area contributed by atoms with Gasteiger partial charge < -0.3 is 20.2 Å². The predicted molar refractivity (Wildman–Crippen MR) is 152 cm³/mol. The van der Waals surface area contributed by atoms with Crippen LogP contribution in [0.4, 0.5) is 5.69 Å². The second kappa shape index (κ2) is 9.78. The Labute approximate surface area is 232 Å². The van der Waals surface area contributed by atoms with Crippen LogP contribution in [0.3, 0.4) is 0 Å². The van der Waals surface area contributed by atoms with Gasteiger partial charge in [0.1, 0.15) is 0 Å². The molecule has 1 aromatic rings. The first-order valence-corrected chi connectivity index (χ1v) is 16.1. The van der Waals surface area contributed by atoms with E-state index in [1.165, 1.54) is 10.5 Å². The van der Waals surface area contributed by atoms with E-state index in [-0.39, 0.29) is 41.0 Å². The van der Waals surface area contributed by atoms with E-state index >= 15 is 0 Å². The maximum absolute atomic E-state index is 13.3. The van der Waals surface area contributed by atoms with Crippen molar-refractivity contribution in [3.8, 4) is 0 Å². The van der Waals surface area contributed by atoms with Gasteiger partial charge in [0, 0.05) is 11.3 Å². The molecule has 6 rings (SSSR count). The van der Waals surface area contributed by atoms with Gasteiger partial charge in [-0.3, -0.25) is 4.79 Å². The summed E-state index contributed by atoms with van der Waals surface area (Å²) in [5.41, 5.74) is 2.16. The number of hydrogen-bond acceptors (Lipinski definition) is 5. The van der Waals surface area contributed by atoms with Gasteiger partial charge in [-0.2, -0.15) is 0 Å². The van der Waals surface area contributed by atoms with Crippen LogP contribution in [0.1, 0.15) is 84.1 Å². The highest BCUT2D eigenvalue weighted by atomic mass is 32.2. The summed E-state index contributed by atoms with van der Waals surface area (Å²) in [6.07, 6.45) is 6.76. The summed E-state index contributed by atoms with van der Waals surface area (Å²) >= 11 is 1.75. The van der Waals surface area contributed by atoms with E-state index in [0.29, 0.717) is 41.9 Å². The zero-order valence-corrected chi connectivity index (χ0v) is 24.4. The lowest BCUT2D eigenvalue weighted by atomic mass is 9.43. The molecule has 1 amide bonds. The lowest BCUT2D eigenvalue weighted by Crippen LogP contribution is -2.62. The minimum absolute atomic E-state index is 0.101. The highest BCUT2D eigenvalue weighted by Gasteiger charge is 2.65. The summed E-state index contributed by atoms with van der Waals surface area (Å²) in [5, 5.41) is 33.7. The Hall–Kier alpha value is -1.08. The van der Waals surface area contributed by atoms with Crippen molar-refractivity contribution >= 4 is 23.4 Å². The van der Waals surface area contributed by atoms with E-state index in [9.17, 15) is 20.1 Å². The fourth-order valence-corrected chi connectivity index (χ4v) is 11.3. The van der Waals surface area contributed by atoms with Crippen LogP contribution in [-0.4, -0.2) is 45.4 Å². The van der Waals surface area contributed by atoms with E-state index in [4.69, 9.17) is 0 Å². The fraction of sp³-hybridized carbons (Fsp3) is 0.781. The number of carbonyl (C=O) groups is 1. The second-order valence-corrected chi connectivity index (χ2v) is 15.1. The number of hydrogen-bond donors (Lipinski definition) is 3. The number of aliphatic hydroxyl groups excluding tert-OH is 3. The third kappa shape index (κ3) is 4.11. The van der Waals surface area contributed by atoms with Gasteiger partial charge in [-0.1, -0.05) is 26.8 Å². The van der Waals surface area contributed by atoms with Gasteiger partial charge in [-0.05, 0) is 122 Å². The summed E-state index contributed by atoms with van der Waals surface area (Å²) in [7, 11) is 0. The monoisotopic (exact) mass is 541 g/mol. The van der Waals surface area contributed by atoms with Gasteiger partial charge in [-0.15, -0.1) is 11.8 Å². The molecule has 4 fully saturated rings. The first-order chi connectivity index (χ1) is 18.0. The molecule has 0 unspecified atom stereocenters. The number of aryl methyl sites for hydroxylation is 1. The van der Waals surface area contributed by atoms with Gasteiger partial charge >= 0.3 is 0 Å². The van der Waals surface area contributed by atoms with Gasteiger partial charge in [0.15, 0.2) is 0 Å². The number of rotatable bonds is 4. The topological polar surface area (TPSA) is 81.0 Å². The molecule has 0 bridgehead atoms. The number of fused-ring (bicyclic) bond motifs is 6. The van der Waals surface area contributed by atoms with Crippen LogP contribution in [-0.2, 0) is 4.79 Å². The minimum atomic E-state index is -0.376. The highest BCUT2D eigenvalue weighted by molar-refractivity contribution is 8.00. The number of thioether (sulfide) groups is 1.